The fourth-order valence-corrected chi connectivity index (χ4v) is 9.13. The summed E-state index contributed by atoms with van der Waals surface area (Å²) < 4.78 is 0. The van der Waals surface area contributed by atoms with Crippen molar-refractivity contribution in [3.05, 3.63) is 215 Å². The molecule has 1 atom stereocenters. The molecular formula is C52H34. The Labute approximate surface area is 304 Å². The summed E-state index contributed by atoms with van der Waals surface area (Å²) >= 11 is 0. The third kappa shape index (κ3) is 4.48. The van der Waals surface area contributed by atoms with Crippen LogP contribution in [0.5, 0.6) is 0 Å². The van der Waals surface area contributed by atoms with Gasteiger partial charge in [0.2, 0.25) is 0 Å². The minimum Gasteiger partial charge on any atom is -0.0753 e. The molecule has 0 heteroatoms. The summed E-state index contributed by atoms with van der Waals surface area (Å²) in [6, 6.07) is 58.3. The second kappa shape index (κ2) is 11.5. The minimum absolute atomic E-state index is 0.253. The first kappa shape index (κ1) is 29.3. The topological polar surface area (TPSA) is 0 Å². The van der Waals surface area contributed by atoms with Gasteiger partial charge in [0.05, 0.1) is 0 Å². The highest BCUT2D eigenvalue weighted by Crippen LogP contribution is 2.52. The number of hydrogen-bond acceptors (Lipinski definition) is 0. The maximum Gasteiger partial charge on any atom is 0.0352 e. The van der Waals surface area contributed by atoms with Crippen LogP contribution in [0.2, 0.25) is 0 Å². The van der Waals surface area contributed by atoms with Gasteiger partial charge in [-0.3, -0.25) is 0 Å². The summed E-state index contributed by atoms with van der Waals surface area (Å²) in [5.41, 5.74) is 17.3. The van der Waals surface area contributed by atoms with Gasteiger partial charge in [0, 0.05) is 5.92 Å². The predicted octanol–water partition coefficient (Wildman–Crippen LogP) is 13.8. The first-order valence-electron chi connectivity index (χ1n) is 18.3. The fourth-order valence-electron chi connectivity index (χ4n) is 9.13. The molecular weight excluding hydrogens is 625 g/mol. The zero-order valence-corrected chi connectivity index (χ0v) is 28.7. The normalized spacial score (nSPS) is 15.7. The van der Waals surface area contributed by atoms with Crippen LogP contribution in [0.4, 0.5) is 0 Å². The van der Waals surface area contributed by atoms with E-state index in [1.54, 1.807) is 0 Å². The Balaban J connectivity index is 0.945. The van der Waals surface area contributed by atoms with Crippen molar-refractivity contribution in [2.24, 2.45) is 0 Å². The fraction of sp³-hybridized carbons (Fsp3) is 0.0385. The Morgan fingerprint density at radius 2 is 1.06 bits per heavy atom. The molecule has 52 heavy (non-hydrogen) atoms. The van der Waals surface area contributed by atoms with E-state index in [2.05, 4.69) is 188 Å². The van der Waals surface area contributed by atoms with Crippen LogP contribution in [0, 0.1) is 0 Å². The summed E-state index contributed by atoms with van der Waals surface area (Å²) in [5.74, 6) is 0.253. The van der Waals surface area contributed by atoms with E-state index in [9.17, 15) is 0 Å². The lowest BCUT2D eigenvalue weighted by Gasteiger charge is -2.36. The lowest BCUT2D eigenvalue weighted by molar-refractivity contribution is 0.899. The lowest BCUT2D eigenvalue weighted by atomic mass is 9.67. The van der Waals surface area contributed by atoms with Crippen molar-refractivity contribution >= 4 is 44.0 Å². The van der Waals surface area contributed by atoms with Crippen LogP contribution in [0.25, 0.3) is 77.3 Å². The molecule has 0 spiro atoms. The quantitative estimate of drug-likeness (QED) is 0.165. The van der Waals surface area contributed by atoms with E-state index < -0.39 is 0 Å². The highest BCUT2D eigenvalue weighted by atomic mass is 14.4. The van der Waals surface area contributed by atoms with Crippen molar-refractivity contribution in [3.8, 4) is 33.4 Å². The number of rotatable bonds is 4. The SMILES string of the molecule is C1=Cc2c(-c3ccc(-c4cccc5ccccc45)cc3)ccc3c2C2C1=CC=C(c1ccc(-c4cc5ccccc5c5ccccc45)cc1)C2=CC3. The third-order valence-corrected chi connectivity index (χ3v) is 11.6. The van der Waals surface area contributed by atoms with E-state index in [4.69, 9.17) is 0 Å². The predicted molar refractivity (Wildman–Crippen MR) is 221 cm³/mol. The largest absolute Gasteiger partial charge is 0.0753 e. The monoisotopic (exact) mass is 658 g/mol. The molecule has 0 N–H and O–H groups in total. The molecule has 0 heterocycles. The van der Waals surface area contributed by atoms with E-state index in [0.717, 1.165) is 6.42 Å². The average molecular weight is 659 g/mol. The van der Waals surface area contributed by atoms with Gasteiger partial charge in [0.25, 0.3) is 0 Å². The van der Waals surface area contributed by atoms with Gasteiger partial charge in [-0.25, -0.2) is 0 Å². The molecule has 11 rings (SSSR count). The molecule has 3 aliphatic rings. The van der Waals surface area contributed by atoms with Gasteiger partial charge in [0.15, 0.2) is 0 Å². The highest BCUT2D eigenvalue weighted by molar-refractivity contribution is 6.13. The number of benzene rings is 8. The summed E-state index contributed by atoms with van der Waals surface area (Å²) in [7, 11) is 0. The van der Waals surface area contributed by atoms with Crippen LogP contribution in [0.3, 0.4) is 0 Å². The first-order chi connectivity index (χ1) is 25.8. The van der Waals surface area contributed by atoms with E-state index in [-0.39, 0.29) is 5.92 Å². The van der Waals surface area contributed by atoms with E-state index in [0.29, 0.717) is 0 Å². The molecule has 1 unspecified atom stereocenters. The first-order valence-corrected chi connectivity index (χ1v) is 18.3. The molecule has 0 bridgehead atoms. The van der Waals surface area contributed by atoms with Gasteiger partial charge in [-0.2, -0.15) is 0 Å². The Bertz CT molecular complexity index is 2880. The summed E-state index contributed by atoms with van der Waals surface area (Å²) in [6.07, 6.45) is 12.8. The summed E-state index contributed by atoms with van der Waals surface area (Å²) in [5, 5.41) is 7.75. The van der Waals surface area contributed by atoms with Gasteiger partial charge < -0.3 is 0 Å². The van der Waals surface area contributed by atoms with Crippen molar-refractivity contribution in [1.82, 2.24) is 0 Å². The van der Waals surface area contributed by atoms with Gasteiger partial charge in [-0.15, -0.1) is 0 Å². The van der Waals surface area contributed by atoms with Crippen LogP contribution in [0.15, 0.2) is 193 Å². The van der Waals surface area contributed by atoms with Crippen molar-refractivity contribution in [3.63, 3.8) is 0 Å². The van der Waals surface area contributed by atoms with E-state index in [1.807, 2.05) is 0 Å². The maximum absolute atomic E-state index is 2.48. The van der Waals surface area contributed by atoms with Crippen LogP contribution in [-0.4, -0.2) is 0 Å². The Kier molecular flexibility index (Phi) is 6.48. The smallest absolute Gasteiger partial charge is 0.0352 e. The molecule has 8 aromatic rings. The summed E-state index contributed by atoms with van der Waals surface area (Å²) in [6.45, 7) is 0. The number of hydrogen-bond donors (Lipinski definition) is 0. The number of fused-ring (bicyclic) bond motifs is 4. The van der Waals surface area contributed by atoms with Gasteiger partial charge in [-0.05, 0) is 117 Å². The Morgan fingerprint density at radius 3 is 1.87 bits per heavy atom. The second-order valence-corrected chi connectivity index (χ2v) is 14.3. The molecule has 242 valence electrons. The van der Waals surface area contributed by atoms with E-state index >= 15 is 0 Å². The highest BCUT2D eigenvalue weighted by Gasteiger charge is 2.34. The molecule has 0 nitrogen and oxygen atoms in total. The van der Waals surface area contributed by atoms with Crippen molar-refractivity contribution in [1.29, 1.82) is 0 Å². The lowest BCUT2D eigenvalue weighted by Crippen LogP contribution is -2.19. The van der Waals surface area contributed by atoms with Crippen molar-refractivity contribution < 1.29 is 0 Å². The van der Waals surface area contributed by atoms with Crippen molar-refractivity contribution in [2.75, 3.05) is 0 Å². The molecule has 0 fully saturated rings. The van der Waals surface area contributed by atoms with Crippen LogP contribution in [-0.2, 0) is 6.42 Å². The minimum atomic E-state index is 0.253. The number of allylic oxidation sites excluding steroid dienone is 7. The summed E-state index contributed by atoms with van der Waals surface area (Å²) in [4.78, 5) is 0. The molecule has 0 aliphatic heterocycles. The molecule has 8 aromatic carbocycles. The van der Waals surface area contributed by atoms with Crippen LogP contribution >= 0.6 is 0 Å². The molecule has 3 aliphatic carbocycles. The van der Waals surface area contributed by atoms with Crippen LogP contribution in [0.1, 0.15) is 28.2 Å². The molecule has 0 radical (unpaired) electrons. The average Bonchev–Trinajstić information content (AvgIpc) is 3.22. The van der Waals surface area contributed by atoms with Gasteiger partial charge in [-0.1, -0.05) is 182 Å². The Hall–Kier alpha value is -6.50. The van der Waals surface area contributed by atoms with E-state index in [1.165, 1.54) is 105 Å². The third-order valence-electron chi connectivity index (χ3n) is 11.6. The molecule has 0 saturated carbocycles. The van der Waals surface area contributed by atoms with Gasteiger partial charge >= 0.3 is 0 Å². The zero-order chi connectivity index (χ0) is 34.2. The molecule has 0 aromatic heterocycles. The van der Waals surface area contributed by atoms with Crippen LogP contribution < -0.4 is 0 Å². The Morgan fingerprint density at radius 1 is 0.423 bits per heavy atom. The second-order valence-electron chi connectivity index (χ2n) is 14.3. The standard InChI is InChI=1S/C52H34/c1-3-11-41-33(8-1)10-7-15-42(41)34-16-18-35(19-17-34)44-28-24-38-27-31-49-45(29-25-39-26-30-48(44)51(38)52(39)49)36-20-22-37(23-21-36)50-32-40-9-2-4-12-43(40)46-13-5-6-14-47(46)50/h1-26,28-32,52H,27H2. The zero-order valence-electron chi connectivity index (χ0n) is 28.7. The van der Waals surface area contributed by atoms with Crippen molar-refractivity contribution in [2.45, 2.75) is 12.3 Å². The maximum atomic E-state index is 2.48. The van der Waals surface area contributed by atoms with Gasteiger partial charge in [0.1, 0.15) is 0 Å². The molecule has 0 saturated heterocycles. The molecule has 0 amide bonds.